The first-order valence-electron chi connectivity index (χ1n) is 4.16. The average molecular weight is 229 g/mol. The van der Waals surface area contributed by atoms with E-state index in [4.69, 9.17) is 10.9 Å². The number of nitrogens with two attached hydrogens (primary N) is 1. The number of carboxylic acid groups (broad SMARTS) is 1. The number of hydrogen-bond donors (Lipinski definition) is 4. The Hall–Kier alpha value is -2.36. The maximum Gasteiger partial charge on any atom is 0.362 e. The van der Waals surface area contributed by atoms with E-state index in [0.717, 1.165) is 0 Å². The standard InChI is InChI=1S/C6H11N7O3/c1-8-13(3-10-7)2-9-5-4(6(14)15)11-16-12-5/h3,8H,2,7H2,1H3,(H,9,12)(H,14,15)/b10-3-. The molecule has 1 rings (SSSR count). The van der Waals surface area contributed by atoms with Crippen LogP contribution in [0.1, 0.15) is 10.5 Å². The minimum Gasteiger partial charge on any atom is -0.476 e. The van der Waals surface area contributed by atoms with E-state index >= 15 is 0 Å². The summed E-state index contributed by atoms with van der Waals surface area (Å²) < 4.78 is 4.29. The smallest absolute Gasteiger partial charge is 0.362 e. The lowest BCUT2D eigenvalue weighted by molar-refractivity contribution is 0.0685. The zero-order valence-electron chi connectivity index (χ0n) is 8.41. The molecule has 0 spiro atoms. The number of rotatable bonds is 6. The van der Waals surface area contributed by atoms with Gasteiger partial charge in [-0.15, -0.1) is 0 Å². The van der Waals surface area contributed by atoms with Gasteiger partial charge in [-0.3, -0.25) is 5.01 Å². The maximum absolute atomic E-state index is 10.6. The number of aromatic carboxylic acids is 1. The molecule has 0 aliphatic carbocycles. The molecule has 10 heteroatoms. The highest BCUT2D eigenvalue weighted by Crippen LogP contribution is 2.08. The van der Waals surface area contributed by atoms with Gasteiger partial charge in [0, 0.05) is 7.05 Å². The van der Waals surface area contributed by atoms with Gasteiger partial charge in [-0.1, -0.05) is 0 Å². The molecule has 0 unspecified atom stereocenters. The van der Waals surface area contributed by atoms with Crippen molar-refractivity contribution >= 4 is 18.1 Å². The predicted molar refractivity (Wildman–Crippen MR) is 53.3 cm³/mol. The molecule has 88 valence electrons. The fourth-order valence-electron chi connectivity index (χ4n) is 0.863. The monoisotopic (exact) mass is 229 g/mol. The first-order valence-corrected chi connectivity index (χ1v) is 4.16. The molecule has 16 heavy (non-hydrogen) atoms. The van der Waals surface area contributed by atoms with E-state index in [2.05, 4.69) is 30.8 Å². The van der Waals surface area contributed by atoms with Gasteiger partial charge in [0.1, 0.15) is 13.0 Å². The quantitative estimate of drug-likeness (QED) is 0.150. The third-order valence-electron chi connectivity index (χ3n) is 1.60. The zero-order valence-corrected chi connectivity index (χ0v) is 8.41. The zero-order chi connectivity index (χ0) is 12.0. The largest absolute Gasteiger partial charge is 0.476 e. The number of carboxylic acids is 1. The number of hydrazone groups is 1. The minimum absolute atomic E-state index is 0.0261. The molecule has 0 aromatic carbocycles. The van der Waals surface area contributed by atoms with Gasteiger partial charge in [0.25, 0.3) is 0 Å². The highest BCUT2D eigenvalue weighted by Gasteiger charge is 2.16. The molecular weight excluding hydrogens is 218 g/mol. The van der Waals surface area contributed by atoms with Crippen LogP contribution >= 0.6 is 0 Å². The highest BCUT2D eigenvalue weighted by atomic mass is 16.6. The number of anilines is 1. The van der Waals surface area contributed by atoms with E-state index in [0.29, 0.717) is 0 Å². The molecule has 5 N–H and O–H groups in total. The Morgan fingerprint density at radius 1 is 1.75 bits per heavy atom. The second-order valence-corrected chi connectivity index (χ2v) is 2.56. The van der Waals surface area contributed by atoms with E-state index in [-0.39, 0.29) is 18.2 Å². The van der Waals surface area contributed by atoms with Crippen molar-refractivity contribution in [1.82, 2.24) is 20.7 Å². The summed E-state index contributed by atoms with van der Waals surface area (Å²) >= 11 is 0. The molecule has 0 aliphatic rings. The lowest BCUT2D eigenvalue weighted by atomic mass is 10.4. The average Bonchev–Trinajstić information content (AvgIpc) is 2.72. The summed E-state index contributed by atoms with van der Waals surface area (Å²) in [5.41, 5.74) is 2.44. The van der Waals surface area contributed by atoms with Crippen molar-refractivity contribution < 1.29 is 14.5 Å². The topological polar surface area (TPSA) is 142 Å². The number of hydrazine groups is 1. The van der Waals surface area contributed by atoms with E-state index in [1.807, 2.05) is 0 Å². The maximum atomic E-state index is 10.6. The number of nitrogens with zero attached hydrogens (tertiary/aromatic N) is 4. The Morgan fingerprint density at radius 3 is 3.06 bits per heavy atom. The first kappa shape index (κ1) is 11.7. The molecule has 1 aromatic heterocycles. The number of hydrogen-bond acceptors (Lipinski definition) is 8. The van der Waals surface area contributed by atoms with Gasteiger partial charge in [0.15, 0.2) is 0 Å². The fourth-order valence-corrected chi connectivity index (χ4v) is 0.863. The van der Waals surface area contributed by atoms with Crippen LogP contribution in [-0.4, -0.2) is 46.5 Å². The lowest BCUT2D eigenvalue weighted by Crippen LogP contribution is -2.38. The summed E-state index contributed by atoms with van der Waals surface area (Å²) in [5, 5.41) is 22.7. The van der Waals surface area contributed by atoms with Crippen molar-refractivity contribution in [2.45, 2.75) is 0 Å². The van der Waals surface area contributed by atoms with Crippen molar-refractivity contribution in [3.05, 3.63) is 5.69 Å². The predicted octanol–water partition coefficient (Wildman–Crippen LogP) is -1.52. The lowest BCUT2D eigenvalue weighted by Gasteiger charge is -2.17. The molecular formula is C6H11N7O3. The fraction of sp³-hybridized carbons (Fsp3) is 0.333. The van der Waals surface area contributed by atoms with Gasteiger partial charge >= 0.3 is 5.97 Å². The Labute approximate surface area is 90.0 Å². The summed E-state index contributed by atoms with van der Waals surface area (Å²) in [6.45, 7) is 0.186. The van der Waals surface area contributed by atoms with Crippen LogP contribution in [0.2, 0.25) is 0 Å². The molecule has 0 aliphatic heterocycles. The van der Waals surface area contributed by atoms with Crippen LogP contribution in [0.3, 0.4) is 0 Å². The Bertz CT molecular complexity index is 376. The van der Waals surface area contributed by atoms with Gasteiger partial charge in [-0.2, -0.15) is 5.10 Å². The van der Waals surface area contributed by atoms with Crippen molar-refractivity contribution in [2.24, 2.45) is 10.9 Å². The molecule has 0 bridgehead atoms. The van der Waals surface area contributed by atoms with E-state index in [1.165, 1.54) is 11.3 Å². The Kier molecular flexibility index (Phi) is 4.03. The summed E-state index contributed by atoms with van der Waals surface area (Å²) in [4.78, 5) is 10.6. The van der Waals surface area contributed by atoms with Crippen molar-refractivity contribution in [3.8, 4) is 0 Å². The van der Waals surface area contributed by atoms with Gasteiger partial charge in [0.2, 0.25) is 11.5 Å². The second-order valence-electron chi connectivity index (χ2n) is 2.56. The van der Waals surface area contributed by atoms with E-state index < -0.39 is 5.97 Å². The van der Waals surface area contributed by atoms with Crippen LogP contribution in [-0.2, 0) is 0 Å². The van der Waals surface area contributed by atoms with Gasteiger partial charge < -0.3 is 16.3 Å². The first-order chi connectivity index (χ1) is 7.69. The summed E-state index contributed by atoms with van der Waals surface area (Å²) in [5.74, 6) is 3.75. The van der Waals surface area contributed by atoms with Gasteiger partial charge in [0.05, 0.1) is 0 Å². The SMILES string of the molecule is CNN(/C=N\N)CNc1nonc1C(=O)O. The number of aromatic nitrogens is 2. The minimum atomic E-state index is -1.23. The van der Waals surface area contributed by atoms with Gasteiger partial charge in [-0.25, -0.2) is 14.8 Å². The molecule has 0 saturated carbocycles. The van der Waals surface area contributed by atoms with Crippen LogP contribution < -0.4 is 16.6 Å². The summed E-state index contributed by atoms with van der Waals surface area (Å²) in [6, 6.07) is 0. The normalized spacial score (nSPS) is 10.6. The molecule has 1 heterocycles. The Morgan fingerprint density at radius 2 is 2.50 bits per heavy atom. The molecule has 0 saturated heterocycles. The van der Waals surface area contributed by atoms with Crippen molar-refractivity contribution in [2.75, 3.05) is 19.0 Å². The van der Waals surface area contributed by atoms with Crippen molar-refractivity contribution in [1.29, 1.82) is 0 Å². The molecule has 0 radical (unpaired) electrons. The number of carbonyl (C=O) groups is 1. The second kappa shape index (κ2) is 5.50. The van der Waals surface area contributed by atoms with Crippen molar-refractivity contribution in [3.63, 3.8) is 0 Å². The molecule has 0 amide bonds. The van der Waals surface area contributed by atoms with Crippen LogP contribution in [0, 0.1) is 0 Å². The van der Waals surface area contributed by atoms with Crippen LogP contribution in [0.4, 0.5) is 5.82 Å². The highest BCUT2D eigenvalue weighted by molar-refractivity contribution is 5.90. The summed E-state index contributed by atoms with van der Waals surface area (Å²) in [6.07, 6.45) is 1.31. The molecule has 0 atom stereocenters. The van der Waals surface area contributed by atoms with Crippen LogP contribution in [0.15, 0.2) is 9.73 Å². The third kappa shape index (κ3) is 2.81. The molecule has 10 nitrogen and oxygen atoms in total. The van der Waals surface area contributed by atoms with E-state index in [1.54, 1.807) is 7.05 Å². The van der Waals surface area contributed by atoms with E-state index in [9.17, 15) is 4.79 Å². The number of nitrogens with one attached hydrogen (secondary N) is 2. The molecule has 0 fully saturated rings. The summed E-state index contributed by atoms with van der Waals surface area (Å²) in [7, 11) is 1.64. The van der Waals surface area contributed by atoms with Crippen LogP contribution in [0.25, 0.3) is 0 Å². The Balaban J connectivity index is 2.60. The molecule has 1 aromatic rings. The van der Waals surface area contributed by atoms with Crippen LogP contribution in [0.5, 0.6) is 0 Å². The van der Waals surface area contributed by atoms with Gasteiger partial charge in [-0.05, 0) is 10.3 Å². The third-order valence-corrected chi connectivity index (χ3v) is 1.60.